The Kier molecular flexibility index (Phi) is 3.07. The molecular formula is C7H8O3S. The predicted molar refractivity (Wildman–Crippen MR) is 41.7 cm³/mol. The number of hydrogen-bond donors (Lipinski definition) is 0. The average molecular weight is 172 g/mol. The zero-order chi connectivity index (χ0) is 8.10. The lowest BCUT2D eigenvalue weighted by molar-refractivity contribution is -0.120. The molecule has 0 aliphatic carbocycles. The molecule has 0 unspecified atom stereocenters. The van der Waals surface area contributed by atoms with Gasteiger partial charge in [0.2, 0.25) is 0 Å². The number of methoxy groups -OCH3 is 1. The second-order valence-electron chi connectivity index (χ2n) is 1.87. The highest BCUT2D eigenvalue weighted by molar-refractivity contribution is 7.13. The molecule has 0 saturated heterocycles. The summed E-state index contributed by atoms with van der Waals surface area (Å²) in [5.41, 5.74) is 0. The van der Waals surface area contributed by atoms with Gasteiger partial charge in [-0.3, -0.25) is 4.79 Å². The summed E-state index contributed by atoms with van der Waals surface area (Å²) in [6.45, 7) is 0.981. The van der Waals surface area contributed by atoms with Gasteiger partial charge in [0.15, 0.2) is 5.06 Å². The molecule has 1 rings (SSSR count). The van der Waals surface area contributed by atoms with E-state index < -0.39 is 0 Å². The van der Waals surface area contributed by atoms with Crippen LogP contribution >= 0.6 is 11.3 Å². The molecule has 4 heteroatoms. The molecule has 0 saturated carbocycles. The number of rotatable bonds is 4. The van der Waals surface area contributed by atoms with E-state index in [1.54, 1.807) is 13.2 Å². The van der Waals surface area contributed by atoms with E-state index in [1.165, 1.54) is 11.3 Å². The summed E-state index contributed by atoms with van der Waals surface area (Å²) in [4.78, 5) is 10.9. The van der Waals surface area contributed by atoms with Crippen molar-refractivity contribution in [3.8, 4) is 5.06 Å². The Bertz CT molecular complexity index is 231. The first-order valence-corrected chi connectivity index (χ1v) is 3.86. The van der Waals surface area contributed by atoms with Crippen molar-refractivity contribution >= 4 is 17.8 Å². The first kappa shape index (κ1) is 8.23. The van der Waals surface area contributed by atoms with Crippen molar-refractivity contribution in [3.05, 3.63) is 17.0 Å². The molecule has 0 N–H and O–H groups in total. The highest BCUT2D eigenvalue weighted by Crippen LogP contribution is 2.23. The van der Waals surface area contributed by atoms with Crippen LogP contribution in [0.4, 0.5) is 0 Å². The molecule has 0 spiro atoms. The Morgan fingerprint density at radius 2 is 2.45 bits per heavy atom. The minimum atomic E-state index is 0.419. The van der Waals surface area contributed by atoms with E-state index in [0.717, 1.165) is 4.88 Å². The number of carbonyl (C=O) groups excluding carboxylic acids is 1. The van der Waals surface area contributed by atoms with Crippen LogP contribution in [0.15, 0.2) is 12.1 Å². The zero-order valence-electron chi connectivity index (χ0n) is 6.07. The van der Waals surface area contributed by atoms with Crippen LogP contribution in [-0.4, -0.2) is 13.6 Å². The average Bonchev–Trinajstić information content (AvgIpc) is 2.38. The van der Waals surface area contributed by atoms with Gasteiger partial charge in [0.05, 0.1) is 6.61 Å². The first-order valence-electron chi connectivity index (χ1n) is 3.04. The number of carbonyl (C=O) groups is 1. The Morgan fingerprint density at radius 1 is 1.64 bits per heavy atom. The summed E-state index contributed by atoms with van der Waals surface area (Å²) in [5.74, 6) is 0. The largest absolute Gasteiger partial charge is 0.418 e. The van der Waals surface area contributed by atoms with Gasteiger partial charge in [0.25, 0.3) is 6.47 Å². The maximum absolute atomic E-state index is 9.89. The number of thiophene rings is 1. The normalized spacial score (nSPS) is 9.55. The van der Waals surface area contributed by atoms with Gasteiger partial charge in [-0.25, -0.2) is 0 Å². The van der Waals surface area contributed by atoms with Crippen molar-refractivity contribution in [2.75, 3.05) is 7.11 Å². The Hall–Kier alpha value is -0.870. The van der Waals surface area contributed by atoms with Crippen molar-refractivity contribution in [1.29, 1.82) is 0 Å². The minimum absolute atomic E-state index is 0.419. The van der Waals surface area contributed by atoms with E-state index in [2.05, 4.69) is 4.74 Å². The third kappa shape index (κ3) is 2.32. The van der Waals surface area contributed by atoms with E-state index >= 15 is 0 Å². The summed E-state index contributed by atoms with van der Waals surface area (Å²) < 4.78 is 9.50. The van der Waals surface area contributed by atoms with Crippen LogP contribution in [0.2, 0.25) is 0 Å². The van der Waals surface area contributed by atoms with Crippen LogP contribution in [0, 0.1) is 0 Å². The van der Waals surface area contributed by atoms with E-state index in [4.69, 9.17) is 4.74 Å². The van der Waals surface area contributed by atoms with Crippen molar-refractivity contribution < 1.29 is 14.3 Å². The first-order chi connectivity index (χ1) is 5.36. The van der Waals surface area contributed by atoms with Gasteiger partial charge >= 0.3 is 0 Å². The predicted octanol–water partition coefficient (Wildman–Crippen LogP) is 1.43. The highest BCUT2D eigenvalue weighted by atomic mass is 32.1. The van der Waals surface area contributed by atoms with Gasteiger partial charge in [-0.15, -0.1) is 11.3 Å². The van der Waals surface area contributed by atoms with Crippen molar-refractivity contribution in [2.24, 2.45) is 0 Å². The van der Waals surface area contributed by atoms with Crippen LogP contribution in [-0.2, 0) is 16.1 Å². The van der Waals surface area contributed by atoms with Gasteiger partial charge in [0.1, 0.15) is 0 Å². The quantitative estimate of drug-likeness (QED) is 0.644. The van der Waals surface area contributed by atoms with Crippen molar-refractivity contribution in [2.45, 2.75) is 6.61 Å². The van der Waals surface area contributed by atoms with Crippen LogP contribution < -0.4 is 4.74 Å². The Balaban J connectivity index is 2.57. The maximum atomic E-state index is 9.89. The molecule has 11 heavy (non-hydrogen) atoms. The molecule has 0 aliphatic heterocycles. The molecule has 0 aliphatic rings. The lowest BCUT2D eigenvalue weighted by atomic mass is 10.5. The number of ether oxygens (including phenoxy) is 2. The van der Waals surface area contributed by atoms with E-state index in [-0.39, 0.29) is 0 Å². The van der Waals surface area contributed by atoms with Crippen LogP contribution in [0.5, 0.6) is 5.06 Å². The fourth-order valence-corrected chi connectivity index (χ4v) is 1.48. The molecule has 60 valence electrons. The van der Waals surface area contributed by atoms with Crippen molar-refractivity contribution in [1.82, 2.24) is 0 Å². The van der Waals surface area contributed by atoms with Crippen LogP contribution in [0.3, 0.4) is 0 Å². The maximum Gasteiger partial charge on any atom is 0.299 e. The smallest absolute Gasteiger partial charge is 0.299 e. The van der Waals surface area contributed by atoms with Gasteiger partial charge in [0, 0.05) is 12.0 Å². The van der Waals surface area contributed by atoms with Gasteiger partial charge in [-0.1, -0.05) is 0 Å². The standard InChI is InChI=1S/C7H8O3S/c1-9-4-6-2-3-7(11-6)10-5-8/h2-3,5H,4H2,1H3. The monoisotopic (exact) mass is 172 g/mol. The highest BCUT2D eigenvalue weighted by Gasteiger charge is 1.98. The molecular weight excluding hydrogens is 164 g/mol. The third-order valence-electron chi connectivity index (χ3n) is 1.09. The molecule has 1 heterocycles. The molecule has 0 amide bonds. The number of hydrogen-bond acceptors (Lipinski definition) is 4. The summed E-state index contributed by atoms with van der Waals surface area (Å²) in [7, 11) is 1.62. The minimum Gasteiger partial charge on any atom is -0.418 e. The Morgan fingerprint density at radius 3 is 3.09 bits per heavy atom. The molecule has 0 atom stereocenters. The van der Waals surface area contributed by atoms with Crippen LogP contribution in [0.1, 0.15) is 4.88 Å². The molecule has 3 nitrogen and oxygen atoms in total. The lowest BCUT2D eigenvalue weighted by Gasteiger charge is -1.91. The molecule has 0 aromatic carbocycles. The molecule has 0 radical (unpaired) electrons. The SMILES string of the molecule is COCc1ccc(OC=O)s1. The van der Waals surface area contributed by atoms with Crippen molar-refractivity contribution in [3.63, 3.8) is 0 Å². The Labute approximate surface area is 68.6 Å². The summed E-state index contributed by atoms with van der Waals surface area (Å²) in [5, 5.41) is 0.604. The van der Waals surface area contributed by atoms with Gasteiger partial charge < -0.3 is 9.47 Å². The van der Waals surface area contributed by atoms with Gasteiger partial charge in [-0.05, 0) is 12.1 Å². The van der Waals surface area contributed by atoms with E-state index in [0.29, 0.717) is 18.1 Å². The summed E-state index contributed by atoms with van der Waals surface area (Å²) in [6, 6.07) is 3.61. The fourth-order valence-electron chi connectivity index (χ4n) is 0.689. The third-order valence-corrected chi connectivity index (χ3v) is 2.04. The summed E-state index contributed by atoms with van der Waals surface area (Å²) in [6.07, 6.45) is 0. The summed E-state index contributed by atoms with van der Waals surface area (Å²) >= 11 is 1.40. The van der Waals surface area contributed by atoms with E-state index in [1.807, 2.05) is 6.07 Å². The fraction of sp³-hybridized carbons (Fsp3) is 0.286. The zero-order valence-corrected chi connectivity index (χ0v) is 6.89. The van der Waals surface area contributed by atoms with Crippen LogP contribution in [0.25, 0.3) is 0 Å². The molecule has 0 bridgehead atoms. The molecule has 0 fully saturated rings. The molecule has 1 aromatic rings. The lowest BCUT2D eigenvalue weighted by Crippen LogP contribution is -1.83. The topological polar surface area (TPSA) is 35.5 Å². The molecule has 1 aromatic heterocycles. The second-order valence-corrected chi connectivity index (χ2v) is 3.00. The van der Waals surface area contributed by atoms with Gasteiger partial charge in [-0.2, -0.15) is 0 Å². The second kappa shape index (κ2) is 4.10. The van der Waals surface area contributed by atoms with E-state index in [9.17, 15) is 4.79 Å².